The topological polar surface area (TPSA) is 63.9 Å². The number of aromatic nitrogens is 2. The lowest BCUT2D eigenvalue weighted by Gasteiger charge is -2.34. The Morgan fingerprint density at radius 1 is 1.20 bits per heavy atom. The summed E-state index contributed by atoms with van der Waals surface area (Å²) < 4.78 is 13.3. The maximum Gasteiger partial charge on any atom is 0.193 e. The third-order valence-corrected chi connectivity index (χ3v) is 5.27. The van der Waals surface area contributed by atoms with Crippen LogP contribution in [0.5, 0.6) is 0 Å². The van der Waals surface area contributed by atoms with Gasteiger partial charge in [0, 0.05) is 53.0 Å². The van der Waals surface area contributed by atoms with E-state index in [1.807, 2.05) is 12.4 Å². The lowest BCUT2D eigenvalue weighted by molar-refractivity contribution is 0.00990. The van der Waals surface area contributed by atoms with E-state index in [0.29, 0.717) is 6.10 Å². The number of likely N-dealkylation sites (tertiary alicyclic amines) is 1. The third kappa shape index (κ3) is 7.39. The number of fused-ring (bicyclic) bond motifs is 1. The van der Waals surface area contributed by atoms with Gasteiger partial charge in [0.15, 0.2) is 5.96 Å². The van der Waals surface area contributed by atoms with E-state index in [9.17, 15) is 0 Å². The Balaban J connectivity index is 0.00000320. The van der Waals surface area contributed by atoms with Crippen molar-refractivity contribution in [3.8, 4) is 0 Å². The van der Waals surface area contributed by atoms with Crippen molar-refractivity contribution < 1.29 is 9.47 Å². The lowest BCUT2D eigenvalue weighted by Crippen LogP contribution is -2.47. The number of rotatable bonds is 10. The summed E-state index contributed by atoms with van der Waals surface area (Å²) in [5.74, 6) is 1.03. The van der Waals surface area contributed by atoms with E-state index < -0.39 is 0 Å². The van der Waals surface area contributed by atoms with Gasteiger partial charge in [0.25, 0.3) is 0 Å². The van der Waals surface area contributed by atoms with Gasteiger partial charge in [-0.05, 0) is 44.7 Å². The Labute approximate surface area is 197 Å². The highest BCUT2D eigenvalue weighted by molar-refractivity contribution is 14.0. The van der Waals surface area contributed by atoms with Crippen LogP contribution in [0, 0.1) is 0 Å². The number of halogens is 1. The molecule has 0 saturated carbocycles. The quantitative estimate of drug-likeness (QED) is 0.221. The first kappa shape index (κ1) is 24.9. The molecule has 0 amide bonds. The van der Waals surface area contributed by atoms with E-state index in [-0.39, 0.29) is 24.0 Å². The number of imidazole rings is 1. The van der Waals surface area contributed by atoms with Crippen LogP contribution < -0.4 is 5.32 Å². The zero-order valence-corrected chi connectivity index (χ0v) is 20.6. The number of guanidine groups is 1. The van der Waals surface area contributed by atoms with Gasteiger partial charge in [-0.15, -0.1) is 24.0 Å². The average molecular weight is 529 g/mol. The molecule has 1 aliphatic heterocycles. The number of ether oxygens (including phenoxy) is 2. The van der Waals surface area contributed by atoms with E-state index in [0.717, 1.165) is 83.1 Å². The molecule has 7 nitrogen and oxygen atoms in total. The molecule has 0 bridgehead atoms. The lowest BCUT2D eigenvalue weighted by atomic mass is 10.1. The van der Waals surface area contributed by atoms with Gasteiger partial charge in [-0.2, -0.15) is 0 Å². The minimum atomic E-state index is 0. The second-order valence-electron chi connectivity index (χ2n) is 7.42. The summed E-state index contributed by atoms with van der Waals surface area (Å²) in [6.07, 6.45) is 6.36. The van der Waals surface area contributed by atoms with Crippen LogP contribution in [0.4, 0.5) is 0 Å². The Morgan fingerprint density at radius 3 is 2.77 bits per heavy atom. The smallest absolute Gasteiger partial charge is 0.193 e. The van der Waals surface area contributed by atoms with Gasteiger partial charge in [0.1, 0.15) is 0 Å². The van der Waals surface area contributed by atoms with Crippen LogP contribution in [0.3, 0.4) is 0 Å². The molecule has 2 heterocycles. The first-order valence-electron chi connectivity index (χ1n) is 10.9. The van der Waals surface area contributed by atoms with Crippen molar-refractivity contribution in [3.63, 3.8) is 0 Å². The first-order chi connectivity index (χ1) is 14.3. The van der Waals surface area contributed by atoms with E-state index in [4.69, 9.17) is 14.5 Å². The Hall–Kier alpha value is -1.39. The van der Waals surface area contributed by atoms with Crippen molar-refractivity contribution in [2.75, 3.05) is 46.5 Å². The summed E-state index contributed by atoms with van der Waals surface area (Å²) in [5, 5.41) is 3.45. The van der Waals surface area contributed by atoms with Gasteiger partial charge < -0.3 is 24.3 Å². The molecule has 1 aromatic heterocycles. The van der Waals surface area contributed by atoms with Gasteiger partial charge in [-0.25, -0.2) is 4.98 Å². The molecule has 0 spiro atoms. The SMILES string of the molecule is CCNC(=NCCCn1cnc2ccccc21)N1CCC(OCCCOC)CC1.I. The van der Waals surface area contributed by atoms with Crippen molar-refractivity contribution in [1.29, 1.82) is 0 Å². The molecule has 1 fully saturated rings. The maximum absolute atomic E-state index is 5.97. The van der Waals surface area contributed by atoms with Crippen LogP contribution in [-0.4, -0.2) is 73.0 Å². The van der Waals surface area contributed by atoms with Crippen molar-refractivity contribution >= 4 is 41.0 Å². The van der Waals surface area contributed by atoms with Gasteiger partial charge in [0.05, 0.1) is 23.5 Å². The van der Waals surface area contributed by atoms with Gasteiger partial charge in [-0.3, -0.25) is 4.99 Å². The van der Waals surface area contributed by atoms with Crippen LogP contribution in [-0.2, 0) is 16.0 Å². The van der Waals surface area contributed by atoms with E-state index in [1.54, 1.807) is 7.11 Å². The second kappa shape index (κ2) is 13.8. The predicted octanol–water partition coefficient (Wildman–Crippen LogP) is 3.53. The molecule has 1 aliphatic rings. The molecule has 168 valence electrons. The molecule has 0 aliphatic carbocycles. The van der Waals surface area contributed by atoms with E-state index in [1.165, 1.54) is 5.52 Å². The summed E-state index contributed by atoms with van der Waals surface area (Å²) in [7, 11) is 1.73. The van der Waals surface area contributed by atoms with Crippen LogP contribution in [0.25, 0.3) is 11.0 Å². The second-order valence-corrected chi connectivity index (χ2v) is 7.42. The number of piperidine rings is 1. The predicted molar refractivity (Wildman–Crippen MR) is 133 cm³/mol. The molecule has 8 heteroatoms. The summed E-state index contributed by atoms with van der Waals surface area (Å²) in [4.78, 5) is 11.7. The normalized spacial score (nSPS) is 15.4. The highest BCUT2D eigenvalue weighted by atomic mass is 127. The fourth-order valence-electron chi connectivity index (χ4n) is 3.73. The zero-order chi connectivity index (χ0) is 20.3. The average Bonchev–Trinajstić information content (AvgIpc) is 3.17. The van der Waals surface area contributed by atoms with Crippen LogP contribution in [0.1, 0.15) is 32.6 Å². The minimum Gasteiger partial charge on any atom is -0.385 e. The number of aryl methyl sites for hydroxylation is 1. The van der Waals surface area contributed by atoms with E-state index >= 15 is 0 Å². The summed E-state index contributed by atoms with van der Waals surface area (Å²) in [6.45, 7) is 8.29. The molecule has 0 unspecified atom stereocenters. The minimum absolute atomic E-state index is 0. The van der Waals surface area contributed by atoms with Crippen molar-refractivity contribution in [3.05, 3.63) is 30.6 Å². The monoisotopic (exact) mass is 529 g/mol. The highest BCUT2D eigenvalue weighted by Crippen LogP contribution is 2.15. The molecule has 0 atom stereocenters. The highest BCUT2D eigenvalue weighted by Gasteiger charge is 2.21. The van der Waals surface area contributed by atoms with Gasteiger partial charge >= 0.3 is 0 Å². The Bertz CT molecular complexity index is 759. The van der Waals surface area contributed by atoms with Gasteiger partial charge in [-0.1, -0.05) is 12.1 Å². The number of hydrogen-bond donors (Lipinski definition) is 1. The van der Waals surface area contributed by atoms with Crippen LogP contribution >= 0.6 is 24.0 Å². The fourth-order valence-corrected chi connectivity index (χ4v) is 3.73. The molecule has 3 rings (SSSR count). The molecule has 2 aromatic rings. The van der Waals surface area contributed by atoms with Crippen molar-refractivity contribution in [2.24, 2.45) is 4.99 Å². The summed E-state index contributed by atoms with van der Waals surface area (Å²) >= 11 is 0. The molecule has 30 heavy (non-hydrogen) atoms. The number of nitrogens with one attached hydrogen (secondary N) is 1. The summed E-state index contributed by atoms with van der Waals surface area (Å²) in [5.41, 5.74) is 2.24. The van der Waals surface area contributed by atoms with E-state index in [2.05, 4.69) is 44.9 Å². The number of benzene rings is 1. The molecule has 1 aromatic carbocycles. The van der Waals surface area contributed by atoms with Crippen molar-refractivity contribution in [1.82, 2.24) is 19.8 Å². The molecule has 1 N–H and O–H groups in total. The number of hydrogen-bond acceptors (Lipinski definition) is 4. The molecular formula is C22H36IN5O2. The number of nitrogens with zero attached hydrogens (tertiary/aromatic N) is 4. The number of methoxy groups -OCH3 is 1. The first-order valence-corrected chi connectivity index (χ1v) is 10.9. The maximum atomic E-state index is 5.97. The van der Waals surface area contributed by atoms with Crippen molar-refractivity contribution in [2.45, 2.75) is 45.3 Å². The fraction of sp³-hybridized carbons (Fsp3) is 0.636. The van der Waals surface area contributed by atoms with Crippen LogP contribution in [0.15, 0.2) is 35.6 Å². The Kier molecular flexibility index (Phi) is 11.5. The zero-order valence-electron chi connectivity index (χ0n) is 18.3. The molecule has 0 radical (unpaired) electrons. The molecule has 1 saturated heterocycles. The van der Waals surface area contributed by atoms with Crippen LogP contribution in [0.2, 0.25) is 0 Å². The largest absolute Gasteiger partial charge is 0.385 e. The Morgan fingerprint density at radius 2 is 2.00 bits per heavy atom. The van der Waals surface area contributed by atoms with Gasteiger partial charge in [0.2, 0.25) is 0 Å². The number of aliphatic imine (C=N–C) groups is 1. The third-order valence-electron chi connectivity index (χ3n) is 5.27. The molecular weight excluding hydrogens is 493 g/mol. The standard InChI is InChI=1S/C22H35N5O2.HI/c1-3-23-22(26-14-10-19(11-15-26)29-17-7-16-28-2)24-12-6-13-27-18-25-20-8-4-5-9-21(20)27;/h4-5,8-9,18-19H,3,6-7,10-17H2,1-2H3,(H,23,24);1H. The summed E-state index contributed by atoms with van der Waals surface area (Å²) in [6, 6.07) is 8.27. The number of para-hydroxylation sites is 2.